The molecule has 2 aromatic rings. The number of benzene rings is 2. The summed E-state index contributed by atoms with van der Waals surface area (Å²) in [5.41, 5.74) is -0.0834. The molecule has 27 heteroatoms. The minimum absolute atomic E-state index is 0.0232. The lowest BCUT2D eigenvalue weighted by Crippen LogP contribution is -2.57. The first-order valence-electron chi connectivity index (χ1n) is 35.5. The van der Waals surface area contributed by atoms with Crippen LogP contribution in [0, 0.1) is 23.7 Å². The van der Waals surface area contributed by atoms with Gasteiger partial charge < -0.3 is 44.5 Å². The van der Waals surface area contributed by atoms with Crippen LogP contribution in [0.1, 0.15) is 208 Å². The number of nitrogens with two attached hydrogens (primary N) is 1. The number of nitrogens with one attached hydrogen (secondary N) is 3. The molecule has 7 amide bonds. The molecular formula is C74H106N8O17S2. The van der Waals surface area contributed by atoms with Gasteiger partial charge in [-0.25, -0.2) is 22.8 Å². The number of rotatable bonds is 9. The van der Waals surface area contributed by atoms with Crippen molar-refractivity contribution in [1.29, 1.82) is 0 Å². The highest BCUT2D eigenvalue weighted by Crippen LogP contribution is 2.47. The molecule has 6 N–H and O–H groups in total. The number of carbonyl (C=O) groups is 10. The maximum Gasteiger partial charge on any atom is 0.410 e. The lowest BCUT2D eigenvalue weighted by atomic mass is 9.95. The minimum Gasteiger partial charge on any atom is -0.479 e. The molecule has 2 saturated carbocycles. The van der Waals surface area contributed by atoms with Gasteiger partial charge in [-0.15, -0.1) is 0 Å². The van der Waals surface area contributed by atoms with Crippen LogP contribution in [0.4, 0.5) is 9.59 Å². The van der Waals surface area contributed by atoms with Gasteiger partial charge in [0.2, 0.25) is 23.6 Å². The van der Waals surface area contributed by atoms with Gasteiger partial charge in [-0.1, -0.05) is 98.5 Å². The summed E-state index contributed by atoms with van der Waals surface area (Å²) in [5, 5.41) is 20.8. The summed E-state index contributed by atoms with van der Waals surface area (Å²) in [4.78, 5) is 141. The molecule has 2 aromatic carbocycles. The molecule has 10 rings (SSSR count). The number of amides is 7. The summed E-state index contributed by atoms with van der Waals surface area (Å²) < 4.78 is 47.8. The molecule has 0 radical (unpaired) electrons. The summed E-state index contributed by atoms with van der Waals surface area (Å²) in [6.07, 6.45) is 12.6. The van der Waals surface area contributed by atoms with Gasteiger partial charge in [-0.05, 0) is 157 Å². The number of hydrogen-bond donors (Lipinski definition) is 5. The normalized spacial score (nSPS) is 28.2. The second-order valence-corrected chi connectivity index (χ2v) is 35.7. The Balaban J connectivity index is 0.000000236. The van der Waals surface area contributed by atoms with Gasteiger partial charge >= 0.3 is 30.1 Å². The third-order valence-corrected chi connectivity index (χ3v) is 21.9. The topological polar surface area (TPSA) is 337 Å². The van der Waals surface area contributed by atoms with Gasteiger partial charge in [-0.3, -0.25) is 53.2 Å². The van der Waals surface area contributed by atoms with Crippen LogP contribution in [0.3, 0.4) is 0 Å². The Bertz CT molecular complexity index is 3490. The van der Waals surface area contributed by atoms with Crippen molar-refractivity contribution in [3.8, 4) is 0 Å². The highest BCUT2D eigenvalue weighted by Gasteiger charge is 2.63. The largest absolute Gasteiger partial charge is 0.479 e. The van der Waals surface area contributed by atoms with Crippen molar-refractivity contribution in [2.75, 3.05) is 13.1 Å². The molecule has 0 unspecified atom stereocenters. The van der Waals surface area contributed by atoms with Crippen LogP contribution < -0.4 is 20.5 Å². The molecule has 2 saturated heterocycles. The first kappa shape index (κ1) is 79.2. The lowest BCUT2D eigenvalue weighted by molar-refractivity contribution is -0.159. The van der Waals surface area contributed by atoms with E-state index in [9.17, 15) is 61.5 Å². The molecule has 6 aliphatic heterocycles. The quantitative estimate of drug-likeness (QED) is 0.0889. The highest BCUT2D eigenvalue weighted by molar-refractivity contribution is 7.85. The van der Waals surface area contributed by atoms with E-state index in [0.29, 0.717) is 58.3 Å². The fourth-order valence-corrected chi connectivity index (χ4v) is 14.1. The molecule has 4 fully saturated rings. The van der Waals surface area contributed by atoms with Crippen LogP contribution in [0.2, 0.25) is 0 Å². The monoisotopic (exact) mass is 1440 g/mol. The Morgan fingerprint density at radius 1 is 0.564 bits per heavy atom. The van der Waals surface area contributed by atoms with E-state index in [1.54, 1.807) is 72.1 Å². The molecule has 0 aromatic heterocycles. The Labute approximate surface area is 599 Å². The number of carboxylic acid groups (broad SMARTS) is 1. The van der Waals surface area contributed by atoms with E-state index in [2.05, 4.69) is 15.4 Å². The predicted molar refractivity (Wildman–Crippen MR) is 378 cm³/mol. The Kier molecular flexibility index (Phi) is 25.8. The Morgan fingerprint density at radius 2 is 0.931 bits per heavy atom. The van der Waals surface area contributed by atoms with Crippen molar-refractivity contribution in [2.45, 2.75) is 268 Å². The van der Waals surface area contributed by atoms with Crippen molar-refractivity contribution in [1.82, 2.24) is 35.0 Å². The predicted octanol–water partition coefficient (Wildman–Crippen LogP) is 8.77. The van der Waals surface area contributed by atoms with Crippen LogP contribution in [-0.2, 0) is 105 Å². The summed E-state index contributed by atoms with van der Waals surface area (Å²) >= 11 is 0. The fraction of sp³-hybridized carbons (Fsp3) is 0.649. The molecule has 12 atom stereocenters. The van der Waals surface area contributed by atoms with Gasteiger partial charge in [-0.2, -0.15) is 0 Å². The van der Waals surface area contributed by atoms with E-state index < -0.39 is 145 Å². The number of aliphatic carboxylic acids is 1. The first-order chi connectivity index (χ1) is 47.3. The van der Waals surface area contributed by atoms with Crippen LogP contribution in [0.25, 0.3) is 0 Å². The Hall–Kier alpha value is -7.52. The average molecular weight is 1440 g/mol. The maximum absolute atomic E-state index is 14.4. The molecule has 101 heavy (non-hydrogen) atoms. The number of fused-ring (bicyclic) bond motifs is 6. The smallest absolute Gasteiger partial charge is 0.410 e. The molecule has 8 aliphatic rings. The molecule has 556 valence electrons. The van der Waals surface area contributed by atoms with E-state index in [4.69, 9.17) is 24.1 Å². The van der Waals surface area contributed by atoms with Crippen molar-refractivity contribution in [3.63, 3.8) is 0 Å². The van der Waals surface area contributed by atoms with Gasteiger partial charge in [0.15, 0.2) is 0 Å². The molecule has 0 spiro atoms. The SMILES string of the molecule is CC(C)(C)OC(=O)C[C@H]1CCCCC/C=C\[C@@H]2C[C@@]2(C(=O)N[S@@](=O)C(C)(C)C)NC(=O)[C@@H]2C[C@@H](OC(=O)N3Cc4ccccc4C3)CN2C1=O.CC(C)(C)OC(=O)C[C@H]1CCCCC/C=C\[C@@H]2C[C@@]2(C(=O)O)NC(=O)[C@@H]2C[C@@H](OC(=O)N3Cc4ccccc4C3)CN2C1=O.CC(C)(C)[S@@](N)=O. The number of allylic oxidation sites excluding steroid dienone is 2. The molecule has 25 nitrogen and oxygen atoms in total. The summed E-state index contributed by atoms with van der Waals surface area (Å²) in [5.74, 6) is -6.77. The average Bonchev–Trinajstić information content (AvgIpc) is 1.58. The third kappa shape index (κ3) is 21.3. The zero-order valence-electron chi connectivity index (χ0n) is 60.8. The zero-order valence-corrected chi connectivity index (χ0v) is 62.4. The van der Waals surface area contributed by atoms with Gasteiger partial charge in [0.05, 0.1) is 46.4 Å². The van der Waals surface area contributed by atoms with Gasteiger partial charge in [0, 0.05) is 62.7 Å². The maximum atomic E-state index is 14.4. The van der Waals surface area contributed by atoms with Crippen LogP contribution in [-0.4, -0.2) is 162 Å². The van der Waals surface area contributed by atoms with Crippen LogP contribution >= 0.6 is 0 Å². The van der Waals surface area contributed by atoms with Crippen molar-refractivity contribution in [2.24, 2.45) is 28.8 Å². The Morgan fingerprint density at radius 3 is 1.29 bits per heavy atom. The standard InChI is InChI=1S/C37H52N4O8S.C33H43N3O8.C4H11NOS/c1-35(2,3)49-30(42)18-24-14-10-8-7-9-11-17-27-20-37(27,33(45)39-50(47)36(4,5)6)38-31(43)29-19-28(23-41(29)32(24)44)48-34(46)40-21-25-15-12-13-16-26(25)22-40;1-32(2,3)44-27(37)15-21-11-7-5-4-6-8-14-24-17-33(24,30(40)41)34-28(38)26-16-25(20-36(26)29(21)39)43-31(42)35-18-22-12-9-10-13-23(22)19-35;1-4(2,3)7(5)6/h11-13,15-17,24,27-29H,7-10,14,18-23H2,1-6H3,(H,38,43)(H,39,45);8-10,12-14,21,24-26H,4-7,11,15-20H2,1-3H3,(H,34,38)(H,40,41);5H2,1-3H3/b17-11-;14-8-;/t24-,27-,28-,29+,37-,50+;21-,24-,25-,26+,33-;7-/m110/s1. The number of carboxylic acids is 1. The second-order valence-electron chi connectivity index (χ2n) is 31.9. The molecule has 0 bridgehead atoms. The zero-order chi connectivity index (χ0) is 74.2. The number of hydrogen-bond acceptors (Lipinski definition) is 16. The van der Waals surface area contributed by atoms with Crippen molar-refractivity contribution in [3.05, 3.63) is 95.1 Å². The summed E-state index contributed by atoms with van der Waals surface area (Å²) in [7, 11) is -2.90. The molecule has 2 aliphatic carbocycles. The third-order valence-electron chi connectivity index (χ3n) is 19.2. The van der Waals surface area contributed by atoms with Crippen molar-refractivity contribution < 1.29 is 80.4 Å². The van der Waals surface area contributed by atoms with E-state index >= 15 is 0 Å². The minimum atomic E-state index is -1.71. The number of carbonyl (C=O) groups excluding carboxylic acids is 9. The van der Waals surface area contributed by atoms with Crippen LogP contribution in [0.5, 0.6) is 0 Å². The number of nitrogens with zero attached hydrogens (tertiary/aromatic N) is 4. The summed E-state index contributed by atoms with van der Waals surface area (Å²) in [6, 6.07) is 13.4. The van der Waals surface area contributed by atoms with Crippen molar-refractivity contribution >= 4 is 81.6 Å². The van der Waals surface area contributed by atoms with Crippen LogP contribution in [0.15, 0.2) is 72.8 Å². The summed E-state index contributed by atoms with van der Waals surface area (Å²) in [6.45, 7) is 22.9. The lowest BCUT2D eigenvalue weighted by Gasteiger charge is -2.30. The number of ether oxygens (including phenoxy) is 4. The first-order valence-corrected chi connectivity index (χ1v) is 37.8. The van der Waals surface area contributed by atoms with E-state index in [-0.39, 0.29) is 61.8 Å². The second kappa shape index (κ2) is 32.9. The molecule has 6 heterocycles. The highest BCUT2D eigenvalue weighted by atomic mass is 32.2. The molecular weight excluding hydrogens is 1340 g/mol. The van der Waals surface area contributed by atoms with E-state index in [1.165, 1.54) is 9.80 Å². The van der Waals surface area contributed by atoms with E-state index in [0.717, 1.165) is 60.8 Å². The fourth-order valence-electron chi connectivity index (χ4n) is 13.4. The van der Waals surface area contributed by atoms with Gasteiger partial charge in [0.1, 0.15) is 57.6 Å². The van der Waals surface area contributed by atoms with Gasteiger partial charge in [0.25, 0.3) is 5.91 Å². The number of esters is 2. The van der Waals surface area contributed by atoms with E-state index in [1.807, 2.05) is 93.6 Å².